The molecule has 1 aromatic carbocycles. The molecular formula is C9H8ClNO2. The summed E-state index contributed by atoms with van der Waals surface area (Å²) in [6.07, 6.45) is -0.360. The molecule has 1 N–H and O–H groups in total. The summed E-state index contributed by atoms with van der Waals surface area (Å²) in [5, 5.41) is 3.13. The van der Waals surface area contributed by atoms with Crippen molar-refractivity contribution in [2.75, 3.05) is 7.11 Å². The Kier molecular flexibility index (Phi) is 1.98. The van der Waals surface area contributed by atoms with Crippen LogP contribution in [0.1, 0.15) is 22.1 Å². The molecular weight excluding hydrogens is 190 g/mol. The first kappa shape index (κ1) is 8.53. The number of nitrogens with one attached hydrogen (secondary N) is 1. The lowest BCUT2D eigenvalue weighted by Gasteiger charge is -2.07. The Morgan fingerprint density at radius 1 is 1.54 bits per heavy atom. The fourth-order valence-corrected chi connectivity index (χ4v) is 1.72. The van der Waals surface area contributed by atoms with Crippen LogP contribution in [-0.2, 0) is 4.74 Å². The van der Waals surface area contributed by atoms with E-state index >= 15 is 0 Å². The summed E-state index contributed by atoms with van der Waals surface area (Å²) in [5.74, 6) is -0.174. The van der Waals surface area contributed by atoms with Crippen LogP contribution in [0.5, 0.6) is 0 Å². The lowest BCUT2D eigenvalue weighted by Crippen LogP contribution is -2.20. The number of ether oxygens (including phenoxy) is 1. The van der Waals surface area contributed by atoms with Gasteiger partial charge in [0.05, 0.1) is 10.6 Å². The van der Waals surface area contributed by atoms with Crippen LogP contribution in [0.2, 0.25) is 5.02 Å². The highest BCUT2D eigenvalue weighted by Crippen LogP contribution is 2.30. The molecule has 13 heavy (non-hydrogen) atoms. The van der Waals surface area contributed by atoms with Gasteiger partial charge in [0, 0.05) is 12.7 Å². The normalized spacial score (nSPS) is 19.8. The van der Waals surface area contributed by atoms with Crippen molar-refractivity contribution in [3.8, 4) is 0 Å². The number of amides is 1. The summed E-state index contributed by atoms with van der Waals surface area (Å²) in [7, 11) is 1.54. The van der Waals surface area contributed by atoms with Gasteiger partial charge in [-0.1, -0.05) is 23.7 Å². The Morgan fingerprint density at radius 3 is 3.00 bits per heavy atom. The molecule has 0 spiro atoms. The third-order valence-corrected chi connectivity index (χ3v) is 2.37. The Balaban J connectivity index is 2.57. The Bertz CT molecular complexity index is 365. The number of carbonyl (C=O) groups excluding carboxylic acids is 1. The van der Waals surface area contributed by atoms with Crippen LogP contribution in [0.3, 0.4) is 0 Å². The number of hydrogen-bond acceptors (Lipinski definition) is 2. The second-order valence-corrected chi connectivity index (χ2v) is 3.20. The zero-order valence-corrected chi connectivity index (χ0v) is 7.76. The second-order valence-electron chi connectivity index (χ2n) is 2.79. The number of benzene rings is 1. The minimum Gasteiger partial charge on any atom is -0.357 e. The van der Waals surface area contributed by atoms with Crippen molar-refractivity contribution in [2.45, 2.75) is 6.23 Å². The van der Waals surface area contributed by atoms with Gasteiger partial charge in [0.1, 0.15) is 0 Å². The molecule has 0 aromatic heterocycles. The van der Waals surface area contributed by atoms with E-state index in [-0.39, 0.29) is 12.1 Å². The molecule has 68 valence electrons. The molecule has 1 aromatic rings. The van der Waals surface area contributed by atoms with Crippen LogP contribution in [0.4, 0.5) is 0 Å². The van der Waals surface area contributed by atoms with Crippen LogP contribution in [-0.4, -0.2) is 13.0 Å². The Morgan fingerprint density at radius 2 is 2.31 bits per heavy atom. The first-order valence-electron chi connectivity index (χ1n) is 3.86. The predicted octanol–water partition coefficient (Wildman–Crippen LogP) is 1.73. The van der Waals surface area contributed by atoms with Crippen LogP contribution < -0.4 is 5.32 Å². The first-order valence-corrected chi connectivity index (χ1v) is 4.24. The van der Waals surface area contributed by atoms with E-state index in [4.69, 9.17) is 16.3 Å². The summed E-state index contributed by atoms with van der Waals surface area (Å²) in [5.41, 5.74) is 1.33. The maximum Gasteiger partial charge on any atom is 0.255 e. The van der Waals surface area contributed by atoms with Gasteiger partial charge in [-0.05, 0) is 6.07 Å². The Labute approximate surface area is 80.6 Å². The van der Waals surface area contributed by atoms with E-state index in [2.05, 4.69) is 5.32 Å². The topological polar surface area (TPSA) is 38.3 Å². The van der Waals surface area contributed by atoms with Crippen molar-refractivity contribution < 1.29 is 9.53 Å². The first-order chi connectivity index (χ1) is 6.24. The van der Waals surface area contributed by atoms with Crippen molar-refractivity contribution in [2.24, 2.45) is 0 Å². The fraction of sp³-hybridized carbons (Fsp3) is 0.222. The van der Waals surface area contributed by atoms with Crippen LogP contribution in [0, 0.1) is 0 Å². The highest BCUT2D eigenvalue weighted by molar-refractivity contribution is 6.34. The third kappa shape index (κ3) is 1.20. The van der Waals surface area contributed by atoms with Gasteiger partial charge in [-0.15, -0.1) is 0 Å². The summed E-state index contributed by atoms with van der Waals surface area (Å²) in [4.78, 5) is 11.4. The van der Waals surface area contributed by atoms with Gasteiger partial charge in [-0.3, -0.25) is 4.79 Å². The molecule has 0 bridgehead atoms. The Hall–Kier alpha value is -1.06. The van der Waals surface area contributed by atoms with Crippen LogP contribution >= 0.6 is 11.6 Å². The van der Waals surface area contributed by atoms with E-state index in [9.17, 15) is 4.79 Å². The molecule has 1 atom stereocenters. The molecule has 0 saturated heterocycles. The lowest BCUT2D eigenvalue weighted by atomic mass is 10.1. The van der Waals surface area contributed by atoms with E-state index < -0.39 is 0 Å². The molecule has 1 amide bonds. The molecule has 1 unspecified atom stereocenters. The number of halogens is 1. The van der Waals surface area contributed by atoms with Gasteiger partial charge >= 0.3 is 0 Å². The maximum atomic E-state index is 11.4. The van der Waals surface area contributed by atoms with E-state index in [1.807, 2.05) is 6.07 Å². The number of rotatable bonds is 1. The molecule has 0 saturated carbocycles. The molecule has 2 rings (SSSR count). The van der Waals surface area contributed by atoms with E-state index in [0.29, 0.717) is 10.6 Å². The largest absolute Gasteiger partial charge is 0.357 e. The zero-order valence-electron chi connectivity index (χ0n) is 7.00. The van der Waals surface area contributed by atoms with Gasteiger partial charge in [0.15, 0.2) is 6.23 Å². The highest BCUT2D eigenvalue weighted by Gasteiger charge is 2.29. The highest BCUT2D eigenvalue weighted by atomic mass is 35.5. The molecule has 4 heteroatoms. The molecule has 1 aliphatic heterocycles. The summed E-state index contributed by atoms with van der Waals surface area (Å²) in [6.45, 7) is 0. The number of hydrogen-bond donors (Lipinski definition) is 1. The van der Waals surface area contributed by atoms with Crippen molar-refractivity contribution in [3.63, 3.8) is 0 Å². The van der Waals surface area contributed by atoms with Crippen molar-refractivity contribution >= 4 is 17.5 Å². The van der Waals surface area contributed by atoms with Gasteiger partial charge in [-0.25, -0.2) is 0 Å². The minimum atomic E-state index is -0.360. The molecule has 1 heterocycles. The standard InChI is InChI=1S/C9H8ClNO2/c1-13-9-5-3-2-4-6(10)7(5)8(12)11-9/h2-4,9H,1H3,(H,11,12). The van der Waals surface area contributed by atoms with Gasteiger partial charge < -0.3 is 10.1 Å². The van der Waals surface area contributed by atoms with Gasteiger partial charge in [0.25, 0.3) is 5.91 Å². The zero-order chi connectivity index (χ0) is 9.42. The predicted molar refractivity (Wildman–Crippen MR) is 48.7 cm³/mol. The lowest BCUT2D eigenvalue weighted by molar-refractivity contribution is 0.0666. The van der Waals surface area contributed by atoms with Crippen LogP contribution in [0.25, 0.3) is 0 Å². The van der Waals surface area contributed by atoms with Gasteiger partial charge in [0.2, 0.25) is 0 Å². The van der Waals surface area contributed by atoms with E-state index in [0.717, 1.165) is 5.56 Å². The smallest absolute Gasteiger partial charge is 0.255 e. The quantitative estimate of drug-likeness (QED) is 0.745. The van der Waals surface area contributed by atoms with E-state index in [1.54, 1.807) is 19.2 Å². The fourth-order valence-electron chi connectivity index (χ4n) is 1.45. The minimum absolute atomic E-state index is 0.174. The monoisotopic (exact) mass is 197 g/mol. The van der Waals surface area contributed by atoms with Crippen molar-refractivity contribution in [1.82, 2.24) is 5.32 Å². The van der Waals surface area contributed by atoms with E-state index in [1.165, 1.54) is 0 Å². The molecule has 3 nitrogen and oxygen atoms in total. The molecule has 0 aliphatic carbocycles. The number of fused-ring (bicyclic) bond motifs is 1. The average Bonchev–Trinajstić information content (AvgIpc) is 2.44. The summed E-state index contributed by atoms with van der Waals surface area (Å²) in [6, 6.07) is 5.32. The van der Waals surface area contributed by atoms with Gasteiger partial charge in [-0.2, -0.15) is 0 Å². The average molecular weight is 198 g/mol. The number of carbonyl (C=O) groups is 1. The summed E-state index contributed by atoms with van der Waals surface area (Å²) >= 11 is 5.87. The molecule has 0 fully saturated rings. The van der Waals surface area contributed by atoms with Crippen molar-refractivity contribution in [1.29, 1.82) is 0 Å². The number of methoxy groups -OCH3 is 1. The molecule has 0 radical (unpaired) electrons. The second kappa shape index (κ2) is 3.01. The van der Waals surface area contributed by atoms with Crippen molar-refractivity contribution in [3.05, 3.63) is 34.3 Å². The van der Waals surface area contributed by atoms with Crippen LogP contribution in [0.15, 0.2) is 18.2 Å². The molecule has 1 aliphatic rings. The maximum absolute atomic E-state index is 11.4. The summed E-state index contributed by atoms with van der Waals surface area (Å²) < 4.78 is 5.07. The SMILES string of the molecule is COC1NC(=O)c2c(Cl)cccc21. The third-order valence-electron chi connectivity index (χ3n) is 2.05.